The van der Waals surface area contributed by atoms with E-state index >= 15 is 0 Å². The Morgan fingerprint density at radius 2 is 0.707 bits per heavy atom. The van der Waals surface area contributed by atoms with Gasteiger partial charge in [0.2, 0.25) is 0 Å². The summed E-state index contributed by atoms with van der Waals surface area (Å²) in [6, 6.07) is 30.1. The van der Waals surface area contributed by atoms with Crippen LogP contribution < -0.4 is 14.2 Å². The van der Waals surface area contributed by atoms with E-state index in [9.17, 15) is 0 Å². The van der Waals surface area contributed by atoms with Gasteiger partial charge in [0, 0.05) is 0 Å². The normalized spacial score (nSPS) is 12.1. The Kier molecular flexibility index (Phi) is 15.9. The maximum atomic E-state index is 6.85. The molecule has 3 heteroatoms. The highest BCUT2D eigenvalue weighted by Crippen LogP contribution is 2.37. The minimum absolute atomic E-state index is 0.0642. The van der Waals surface area contributed by atoms with Gasteiger partial charge < -0.3 is 14.2 Å². The van der Waals surface area contributed by atoms with Crippen LogP contribution in [0.1, 0.15) is 117 Å². The molecule has 0 fully saturated rings. The Labute approximate surface area is 250 Å². The van der Waals surface area contributed by atoms with Gasteiger partial charge in [0.1, 0.15) is 17.2 Å². The van der Waals surface area contributed by atoms with Crippen LogP contribution in [-0.2, 0) is 0 Å². The maximum Gasteiger partial charge on any atom is 0.420 e. The Balaban J connectivity index is 1.86. The van der Waals surface area contributed by atoms with E-state index < -0.39 is 5.97 Å². The van der Waals surface area contributed by atoms with Gasteiger partial charge in [-0.2, -0.15) is 0 Å². The summed E-state index contributed by atoms with van der Waals surface area (Å²) >= 11 is 0. The second kappa shape index (κ2) is 20.0. The summed E-state index contributed by atoms with van der Waals surface area (Å²) in [4.78, 5) is 0. The van der Waals surface area contributed by atoms with Crippen LogP contribution in [0.2, 0.25) is 0 Å². The van der Waals surface area contributed by atoms with Crippen LogP contribution in [0.4, 0.5) is 0 Å². The fraction of sp³-hybridized carbons (Fsp3) is 0.526. The molecule has 224 valence electrons. The molecule has 0 bridgehead atoms. The van der Waals surface area contributed by atoms with Crippen molar-refractivity contribution in [1.82, 2.24) is 0 Å². The topological polar surface area (TPSA) is 27.7 Å². The quantitative estimate of drug-likeness (QED) is 0.0855. The summed E-state index contributed by atoms with van der Waals surface area (Å²) in [6.45, 7) is 4.56. The standard InChI is InChI=1S/C38H54O3/c1-3-5-7-9-11-12-14-19-27-34(26-18-13-10-8-6-4-2)38(39-35-28-20-15-21-29-35,40-36-30-22-16-23-31-36)41-37-32-24-17-25-33-37/h15-17,20-25,28-34H,3-14,18-19,26-27H2,1-2H3. The number of ether oxygens (including phenoxy) is 3. The average molecular weight is 559 g/mol. The number of hydrogen-bond acceptors (Lipinski definition) is 3. The molecule has 3 rings (SSSR count). The zero-order valence-corrected chi connectivity index (χ0v) is 25.8. The van der Waals surface area contributed by atoms with Gasteiger partial charge in [0.15, 0.2) is 0 Å². The number of unbranched alkanes of at least 4 members (excludes halogenated alkanes) is 12. The number of hydrogen-bond donors (Lipinski definition) is 0. The molecule has 41 heavy (non-hydrogen) atoms. The first-order valence-corrected chi connectivity index (χ1v) is 16.5. The average Bonchev–Trinajstić information content (AvgIpc) is 3.00. The predicted molar refractivity (Wildman–Crippen MR) is 173 cm³/mol. The lowest BCUT2D eigenvalue weighted by molar-refractivity contribution is -0.288. The zero-order chi connectivity index (χ0) is 28.9. The molecule has 0 aliphatic heterocycles. The third-order valence-corrected chi connectivity index (χ3v) is 7.82. The van der Waals surface area contributed by atoms with Gasteiger partial charge in [-0.3, -0.25) is 0 Å². The molecule has 3 nitrogen and oxygen atoms in total. The molecule has 0 radical (unpaired) electrons. The maximum absolute atomic E-state index is 6.85. The number of para-hydroxylation sites is 3. The highest BCUT2D eigenvalue weighted by Gasteiger charge is 2.47. The van der Waals surface area contributed by atoms with E-state index in [4.69, 9.17) is 14.2 Å². The van der Waals surface area contributed by atoms with Gasteiger partial charge in [0.05, 0.1) is 5.92 Å². The van der Waals surface area contributed by atoms with Gasteiger partial charge in [-0.25, -0.2) is 0 Å². The highest BCUT2D eigenvalue weighted by molar-refractivity contribution is 5.26. The molecule has 0 spiro atoms. The molecule has 0 aliphatic rings. The zero-order valence-electron chi connectivity index (χ0n) is 25.8. The Morgan fingerprint density at radius 3 is 1.02 bits per heavy atom. The molecule has 0 N–H and O–H groups in total. The van der Waals surface area contributed by atoms with Crippen molar-refractivity contribution in [2.75, 3.05) is 0 Å². The molecule has 3 aromatic rings. The fourth-order valence-corrected chi connectivity index (χ4v) is 5.46. The molecule has 1 atom stereocenters. The van der Waals surface area contributed by atoms with Crippen LogP contribution in [0.3, 0.4) is 0 Å². The third-order valence-electron chi connectivity index (χ3n) is 7.82. The van der Waals surface area contributed by atoms with E-state index in [2.05, 4.69) is 13.8 Å². The lowest BCUT2D eigenvalue weighted by Crippen LogP contribution is -2.54. The van der Waals surface area contributed by atoms with Crippen molar-refractivity contribution in [1.29, 1.82) is 0 Å². The molecule has 0 amide bonds. The van der Waals surface area contributed by atoms with E-state index in [1.54, 1.807) is 0 Å². The van der Waals surface area contributed by atoms with Crippen molar-refractivity contribution in [2.45, 2.75) is 123 Å². The summed E-state index contributed by atoms with van der Waals surface area (Å²) in [5, 5.41) is 0. The molecule has 0 aromatic heterocycles. The molecular weight excluding hydrogens is 504 g/mol. The van der Waals surface area contributed by atoms with Crippen LogP contribution >= 0.6 is 0 Å². The van der Waals surface area contributed by atoms with Crippen LogP contribution in [0.15, 0.2) is 91.0 Å². The van der Waals surface area contributed by atoms with Gasteiger partial charge in [-0.1, -0.05) is 158 Å². The summed E-state index contributed by atoms with van der Waals surface area (Å²) < 4.78 is 20.5. The molecule has 3 aromatic carbocycles. The van der Waals surface area contributed by atoms with E-state index in [1.807, 2.05) is 91.0 Å². The molecule has 0 saturated heterocycles. The number of rotatable bonds is 23. The molecular formula is C38H54O3. The monoisotopic (exact) mass is 558 g/mol. The molecule has 0 aliphatic carbocycles. The summed E-state index contributed by atoms with van der Waals surface area (Å²) in [7, 11) is 0. The van der Waals surface area contributed by atoms with E-state index in [0.29, 0.717) is 0 Å². The minimum Gasteiger partial charge on any atom is -0.420 e. The molecule has 0 saturated carbocycles. The fourth-order valence-electron chi connectivity index (χ4n) is 5.46. The lowest BCUT2D eigenvalue weighted by Gasteiger charge is -2.40. The summed E-state index contributed by atoms with van der Waals surface area (Å²) in [5.41, 5.74) is 0. The van der Waals surface area contributed by atoms with Crippen molar-refractivity contribution in [3.8, 4) is 17.2 Å². The van der Waals surface area contributed by atoms with E-state index in [-0.39, 0.29) is 5.92 Å². The number of benzene rings is 3. The lowest BCUT2D eigenvalue weighted by atomic mass is 9.91. The largest absolute Gasteiger partial charge is 0.420 e. The van der Waals surface area contributed by atoms with Crippen molar-refractivity contribution >= 4 is 0 Å². The van der Waals surface area contributed by atoms with Gasteiger partial charge in [-0.15, -0.1) is 0 Å². The van der Waals surface area contributed by atoms with Gasteiger partial charge in [0.25, 0.3) is 0 Å². The third kappa shape index (κ3) is 12.6. The van der Waals surface area contributed by atoms with Crippen LogP contribution in [0.25, 0.3) is 0 Å². The Bertz CT molecular complexity index is 904. The van der Waals surface area contributed by atoms with Gasteiger partial charge >= 0.3 is 5.97 Å². The van der Waals surface area contributed by atoms with Crippen LogP contribution in [0, 0.1) is 5.92 Å². The second-order valence-electron chi connectivity index (χ2n) is 11.4. The first-order valence-electron chi connectivity index (χ1n) is 16.5. The first-order chi connectivity index (χ1) is 20.3. The van der Waals surface area contributed by atoms with Crippen LogP contribution in [0.5, 0.6) is 17.2 Å². The first kappa shape index (κ1) is 32.6. The van der Waals surface area contributed by atoms with Crippen molar-refractivity contribution in [3.05, 3.63) is 91.0 Å². The van der Waals surface area contributed by atoms with Crippen LogP contribution in [-0.4, -0.2) is 5.97 Å². The van der Waals surface area contributed by atoms with Crippen molar-refractivity contribution < 1.29 is 14.2 Å². The smallest absolute Gasteiger partial charge is 0.420 e. The SMILES string of the molecule is CCCCCCCCCCC(CCCCCCCC)C(Oc1ccccc1)(Oc1ccccc1)Oc1ccccc1. The minimum atomic E-state index is -1.28. The highest BCUT2D eigenvalue weighted by atomic mass is 16.9. The summed E-state index contributed by atoms with van der Waals surface area (Å²) in [6.07, 6.45) is 19.9. The Morgan fingerprint density at radius 1 is 0.415 bits per heavy atom. The van der Waals surface area contributed by atoms with Crippen molar-refractivity contribution in [2.24, 2.45) is 5.92 Å². The molecule has 1 unspecified atom stereocenters. The van der Waals surface area contributed by atoms with E-state index in [1.165, 1.54) is 77.0 Å². The summed E-state index contributed by atoms with van der Waals surface area (Å²) in [5.74, 6) is 1.04. The Hall–Kier alpha value is -2.94. The van der Waals surface area contributed by atoms with E-state index in [0.717, 1.165) is 42.9 Å². The van der Waals surface area contributed by atoms with Crippen molar-refractivity contribution in [3.63, 3.8) is 0 Å². The predicted octanol–water partition coefficient (Wildman–Crippen LogP) is 11.8. The van der Waals surface area contributed by atoms with Gasteiger partial charge in [-0.05, 0) is 49.2 Å². The second-order valence-corrected chi connectivity index (χ2v) is 11.4. The molecule has 0 heterocycles.